The minimum absolute atomic E-state index is 0.0893. The van der Waals surface area contributed by atoms with Crippen LogP contribution in [0.1, 0.15) is 5.69 Å². The van der Waals surface area contributed by atoms with E-state index in [1.54, 1.807) is 0 Å². The fourth-order valence-corrected chi connectivity index (χ4v) is 2.12. The van der Waals surface area contributed by atoms with Gasteiger partial charge in [0.2, 0.25) is 0 Å². The molecule has 1 aromatic heterocycles. The molecule has 13 heavy (non-hydrogen) atoms. The van der Waals surface area contributed by atoms with Crippen molar-refractivity contribution in [2.45, 2.75) is 10.4 Å². The van der Waals surface area contributed by atoms with Gasteiger partial charge in [-0.05, 0) is 0 Å². The number of aromatic nitrogens is 1. The molecular weight excluding hydrogens is 234 g/mol. The molecule has 0 radical (unpaired) electrons. The molecule has 1 rings (SSSR count). The monoisotopic (exact) mass is 235 g/mol. The van der Waals surface area contributed by atoms with E-state index in [2.05, 4.69) is 4.98 Å². The predicted octanol–water partition coefficient (Wildman–Crippen LogP) is 1.82. The first-order valence-corrected chi connectivity index (χ1v) is 4.94. The maximum atomic E-state index is 12.2. The maximum Gasteiger partial charge on any atom is 0.435 e. The van der Waals surface area contributed by atoms with E-state index in [4.69, 9.17) is 0 Å². The van der Waals surface area contributed by atoms with Gasteiger partial charge in [-0.2, -0.15) is 21.6 Å². The number of alkyl halides is 3. The quantitative estimate of drug-likeness (QED) is 0.551. The number of rotatable bonds is 1. The molecule has 1 heterocycles. The highest BCUT2D eigenvalue weighted by molar-refractivity contribution is 7.88. The van der Waals surface area contributed by atoms with Crippen molar-refractivity contribution in [2.75, 3.05) is 0 Å². The van der Waals surface area contributed by atoms with Crippen molar-refractivity contribution in [2.24, 2.45) is 0 Å². The molecular formula is C4HF4NO2S2. The summed E-state index contributed by atoms with van der Waals surface area (Å²) in [6.45, 7) is 0. The standard InChI is InChI=1S/C4HF4NO2S2/c5-4(6,7)2-3(12-1-9-2)13(8,10)11/h1H. The van der Waals surface area contributed by atoms with Gasteiger partial charge in [0.05, 0.1) is 5.51 Å². The molecule has 0 aromatic carbocycles. The number of thiazole rings is 1. The van der Waals surface area contributed by atoms with Crippen molar-refractivity contribution in [3.63, 3.8) is 0 Å². The van der Waals surface area contributed by atoms with Crippen LogP contribution in [0, 0.1) is 0 Å². The fraction of sp³-hybridized carbons (Fsp3) is 0.250. The molecule has 0 N–H and O–H groups in total. The normalized spacial score (nSPS) is 13.2. The van der Waals surface area contributed by atoms with Crippen LogP contribution in [0.3, 0.4) is 0 Å². The van der Waals surface area contributed by atoms with Gasteiger partial charge in [0, 0.05) is 0 Å². The molecule has 0 aliphatic carbocycles. The molecule has 0 saturated carbocycles. The summed E-state index contributed by atoms with van der Waals surface area (Å²) in [4.78, 5) is 2.73. The molecule has 0 bridgehead atoms. The van der Waals surface area contributed by atoms with Gasteiger partial charge in [0.25, 0.3) is 0 Å². The Balaban J connectivity index is 3.35. The van der Waals surface area contributed by atoms with Crippen molar-refractivity contribution in [1.82, 2.24) is 4.98 Å². The summed E-state index contributed by atoms with van der Waals surface area (Å²) in [5, 5.41) is 0. The number of hydrogen-bond acceptors (Lipinski definition) is 4. The van der Waals surface area contributed by atoms with Gasteiger partial charge in [0.1, 0.15) is 0 Å². The van der Waals surface area contributed by atoms with Crippen LogP contribution in [0.25, 0.3) is 0 Å². The smallest absolute Gasteiger partial charge is 0.239 e. The second kappa shape index (κ2) is 2.91. The molecule has 0 saturated heterocycles. The Morgan fingerprint density at radius 1 is 1.38 bits per heavy atom. The van der Waals surface area contributed by atoms with E-state index in [1.165, 1.54) is 0 Å². The lowest BCUT2D eigenvalue weighted by Crippen LogP contribution is -2.09. The highest BCUT2D eigenvalue weighted by Gasteiger charge is 2.40. The van der Waals surface area contributed by atoms with Crippen molar-refractivity contribution < 1.29 is 25.5 Å². The molecule has 0 atom stereocenters. The largest absolute Gasteiger partial charge is 0.435 e. The van der Waals surface area contributed by atoms with Crippen LogP contribution in [-0.4, -0.2) is 13.4 Å². The Bertz CT molecular complexity index is 406. The van der Waals surface area contributed by atoms with Crippen molar-refractivity contribution in [1.29, 1.82) is 0 Å². The summed E-state index contributed by atoms with van der Waals surface area (Å²) in [7, 11) is -5.34. The third-order valence-corrected chi connectivity index (χ3v) is 3.17. The zero-order valence-corrected chi connectivity index (χ0v) is 7.30. The summed E-state index contributed by atoms with van der Waals surface area (Å²) < 4.78 is 66.9. The minimum atomic E-state index is -5.34. The van der Waals surface area contributed by atoms with Crippen LogP contribution in [-0.2, 0) is 16.4 Å². The highest BCUT2D eigenvalue weighted by Crippen LogP contribution is 2.35. The van der Waals surface area contributed by atoms with Crippen LogP contribution in [0.15, 0.2) is 9.72 Å². The SMILES string of the molecule is O=S(=O)(F)c1scnc1C(F)(F)F. The van der Waals surface area contributed by atoms with Crippen molar-refractivity contribution in [3.05, 3.63) is 11.2 Å². The van der Waals surface area contributed by atoms with Gasteiger partial charge in [-0.3, -0.25) is 0 Å². The van der Waals surface area contributed by atoms with Crippen LogP contribution in [0.2, 0.25) is 0 Å². The van der Waals surface area contributed by atoms with Crippen molar-refractivity contribution >= 4 is 21.6 Å². The molecule has 1 aromatic rings. The molecule has 3 nitrogen and oxygen atoms in total. The second-order valence-electron chi connectivity index (χ2n) is 1.92. The zero-order chi connectivity index (χ0) is 10.3. The van der Waals surface area contributed by atoms with Crippen LogP contribution in [0.4, 0.5) is 17.1 Å². The number of halogens is 4. The Morgan fingerprint density at radius 2 is 1.92 bits per heavy atom. The van der Waals surface area contributed by atoms with Crippen LogP contribution in [0.5, 0.6) is 0 Å². The van der Waals surface area contributed by atoms with Crippen LogP contribution < -0.4 is 0 Å². The second-order valence-corrected chi connectivity index (χ2v) is 4.32. The summed E-state index contributed by atoms with van der Waals surface area (Å²) in [6, 6.07) is 0. The molecule has 9 heteroatoms. The summed E-state index contributed by atoms with van der Waals surface area (Å²) in [6.07, 6.45) is -4.95. The van der Waals surface area contributed by atoms with Gasteiger partial charge in [0.15, 0.2) is 9.90 Å². The molecule has 74 valence electrons. The predicted molar refractivity (Wildman–Crippen MR) is 35.4 cm³/mol. The van der Waals surface area contributed by atoms with Gasteiger partial charge in [-0.15, -0.1) is 11.3 Å². The molecule has 0 amide bonds. The first kappa shape index (κ1) is 10.4. The van der Waals surface area contributed by atoms with Gasteiger partial charge >= 0.3 is 16.4 Å². The van der Waals surface area contributed by atoms with Gasteiger partial charge < -0.3 is 0 Å². The van der Waals surface area contributed by atoms with Crippen molar-refractivity contribution in [3.8, 4) is 0 Å². The van der Waals surface area contributed by atoms with E-state index in [0.29, 0.717) is 5.51 Å². The lowest BCUT2D eigenvalue weighted by atomic mass is 10.5. The van der Waals surface area contributed by atoms with Crippen LogP contribution >= 0.6 is 11.3 Å². The fourth-order valence-electron chi connectivity index (χ4n) is 0.597. The highest BCUT2D eigenvalue weighted by atomic mass is 32.3. The third kappa shape index (κ3) is 2.15. The summed E-state index contributed by atoms with van der Waals surface area (Å²) >= 11 is 0.0893. The van der Waals surface area contributed by atoms with Gasteiger partial charge in [-0.1, -0.05) is 3.89 Å². The first-order valence-electron chi connectivity index (χ1n) is 2.68. The topological polar surface area (TPSA) is 47.0 Å². The van der Waals surface area contributed by atoms with E-state index < -0.39 is 26.3 Å². The van der Waals surface area contributed by atoms with E-state index in [-0.39, 0.29) is 11.3 Å². The lowest BCUT2D eigenvalue weighted by Gasteiger charge is -2.02. The average molecular weight is 235 g/mol. The third-order valence-electron chi connectivity index (χ3n) is 1.02. The Morgan fingerprint density at radius 3 is 2.23 bits per heavy atom. The molecule has 0 unspecified atom stereocenters. The first-order chi connectivity index (χ1) is 5.73. The number of hydrogen-bond donors (Lipinski definition) is 0. The molecule has 0 spiro atoms. The zero-order valence-electron chi connectivity index (χ0n) is 5.67. The summed E-state index contributed by atoms with van der Waals surface area (Å²) in [5.41, 5.74) is -1.09. The average Bonchev–Trinajstić information content (AvgIpc) is 2.27. The Kier molecular flexibility index (Phi) is 2.32. The summed E-state index contributed by atoms with van der Waals surface area (Å²) in [5.74, 6) is 0. The molecule has 0 fully saturated rings. The van der Waals surface area contributed by atoms with E-state index in [0.717, 1.165) is 0 Å². The van der Waals surface area contributed by atoms with E-state index in [1.807, 2.05) is 0 Å². The molecule has 0 aliphatic rings. The van der Waals surface area contributed by atoms with E-state index in [9.17, 15) is 25.5 Å². The lowest BCUT2D eigenvalue weighted by molar-refractivity contribution is -0.142. The van der Waals surface area contributed by atoms with E-state index >= 15 is 0 Å². The Hall–Kier alpha value is -0.700. The molecule has 0 aliphatic heterocycles. The maximum absolute atomic E-state index is 12.2. The number of nitrogens with zero attached hydrogens (tertiary/aromatic N) is 1. The Labute approximate surface area is 74.2 Å². The minimum Gasteiger partial charge on any atom is -0.239 e. The van der Waals surface area contributed by atoms with Gasteiger partial charge in [-0.25, -0.2) is 4.98 Å².